The monoisotopic (exact) mass is 405 g/mol. The van der Waals surface area contributed by atoms with Crippen LogP contribution in [0.2, 0.25) is 0 Å². The van der Waals surface area contributed by atoms with Crippen LogP contribution >= 0.6 is 0 Å². The number of nitrogens with zero attached hydrogens (tertiary/aromatic N) is 1. The Balaban J connectivity index is 1.88. The van der Waals surface area contributed by atoms with Gasteiger partial charge in [-0.2, -0.15) is 0 Å². The number of rotatable bonds is 8. The first kappa shape index (κ1) is 20.9. The first-order valence-corrected chi connectivity index (χ1v) is 9.44. The molecule has 0 saturated heterocycles. The van der Waals surface area contributed by atoms with Crippen molar-refractivity contribution in [3.8, 4) is 17.2 Å². The Morgan fingerprint density at radius 2 is 1.67 bits per heavy atom. The molecule has 3 aromatic carbocycles. The zero-order valence-electron chi connectivity index (χ0n) is 16.9. The van der Waals surface area contributed by atoms with Gasteiger partial charge < -0.3 is 19.5 Å². The maximum atomic E-state index is 13.3. The van der Waals surface area contributed by atoms with Crippen molar-refractivity contribution < 1.29 is 24.2 Å². The van der Waals surface area contributed by atoms with Crippen molar-refractivity contribution in [1.29, 1.82) is 0 Å². The van der Waals surface area contributed by atoms with Crippen LogP contribution in [0.25, 0.3) is 0 Å². The summed E-state index contributed by atoms with van der Waals surface area (Å²) in [6.45, 7) is 1.67. The molecule has 3 rings (SSSR count). The lowest BCUT2D eigenvalue weighted by atomic mass is 10.1. The Bertz CT molecular complexity index is 1030. The van der Waals surface area contributed by atoms with Crippen molar-refractivity contribution in [2.24, 2.45) is 0 Å². The Hall–Kier alpha value is -3.80. The number of benzene rings is 3. The van der Waals surface area contributed by atoms with Crippen molar-refractivity contribution in [3.05, 3.63) is 89.5 Å². The van der Waals surface area contributed by atoms with Crippen molar-refractivity contribution in [1.82, 2.24) is 4.90 Å². The highest BCUT2D eigenvalue weighted by molar-refractivity contribution is 5.98. The highest BCUT2D eigenvalue weighted by Gasteiger charge is 2.22. The molecule has 6 nitrogen and oxygen atoms in total. The van der Waals surface area contributed by atoms with Gasteiger partial charge in [0.1, 0.15) is 23.8 Å². The number of carboxylic acid groups (broad SMARTS) is 1. The van der Waals surface area contributed by atoms with Crippen molar-refractivity contribution in [3.63, 3.8) is 0 Å². The summed E-state index contributed by atoms with van der Waals surface area (Å²) in [7, 11) is 1.55. The molecule has 0 atom stereocenters. The van der Waals surface area contributed by atoms with Gasteiger partial charge >= 0.3 is 5.97 Å². The fourth-order valence-corrected chi connectivity index (χ4v) is 2.99. The number of carboxylic acids is 1. The molecule has 0 spiro atoms. The molecule has 154 valence electrons. The van der Waals surface area contributed by atoms with E-state index in [1.807, 2.05) is 37.3 Å². The van der Waals surface area contributed by atoms with Gasteiger partial charge in [0.05, 0.1) is 12.7 Å². The number of hydrogen-bond acceptors (Lipinski definition) is 4. The molecule has 0 aliphatic carbocycles. The number of carbonyl (C=O) groups is 2. The Morgan fingerprint density at radius 3 is 2.37 bits per heavy atom. The molecule has 0 aromatic heterocycles. The minimum Gasteiger partial charge on any atom is -0.497 e. The molecule has 1 N–H and O–H groups in total. The van der Waals surface area contributed by atoms with Gasteiger partial charge in [-0.25, -0.2) is 0 Å². The van der Waals surface area contributed by atoms with Crippen molar-refractivity contribution in [2.75, 3.05) is 13.7 Å². The van der Waals surface area contributed by atoms with Gasteiger partial charge in [-0.05, 0) is 48.9 Å². The van der Waals surface area contributed by atoms with Gasteiger partial charge in [0.2, 0.25) is 0 Å². The molecule has 0 aliphatic heterocycles. The van der Waals surface area contributed by atoms with Gasteiger partial charge in [-0.1, -0.05) is 42.0 Å². The van der Waals surface area contributed by atoms with Crippen molar-refractivity contribution >= 4 is 11.9 Å². The minimum atomic E-state index is -1.09. The van der Waals surface area contributed by atoms with Gasteiger partial charge in [-0.3, -0.25) is 9.59 Å². The van der Waals surface area contributed by atoms with Gasteiger partial charge in [0, 0.05) is 6.54 Å². The fraction of sp³-hybridized carbons (Fsp3) is 0.167. The van der Waals surface area contributed by atoms with Crippen LogP contribution in [0.5, 0.6) is 17.2 Å². The first-order chi connectivity index (χ1) is 14.5. The molecule has 0 aliphatic rings. The highest BCUT2D eigenvalue weighted by Crippen LogP contribution is 2.27. The zero-order chi connectivity index (χ0) is 21.5. The largest absolute Gasteiger partial charge is 0.497 e. The summed E-state index contributed by atoms with van der Waals surface area (Å²) in [5, 5.41) is 9.34. The molecule has 30 heavy (non-hydrogen) atoms. The SMILES string of the molecule is COc1cccc(CN(CC(=O)O)C(=O)c2ccccc2Oc2ccc(C)cc2)c1. The molecule has 0 heterocycles. The molecule has 3 aromatic rings. The van der Waals surface area contributed by atoms with Crippen molar-refractivity contribution in [2.45, 2.75) is 13.5 Å². The van der Waals surface area contributed by atoms with E-state index in [4.69, 9.17) is 9.47 Å². The van der Waals surface area contributed by atoms with E-state index in [0.717, 1.165) is 11.1 Å². The predicted molar refractivity (Wildman–Crippen MR) is 113 cm³/mol. The summed E-state index contributed by atoms with van der Waals surface area (Å²) in [4.78, 5) is 25.9. The molecule has 0 bridgehead atoms. The van der Waals surface area contributed by atoms with Crippen LogP contribution in [0.4, 0.5) is 0 Å². The average Bonchev–Trinajstić information content (AvgIpc) is 2.74. The van der Waals surface area contributed by atoms with Crippen LogP contribution in [0.15, 0.2) is 72.8 Å². The third-order valence-corrected chi connectivity index (χ3v) is 4.49. The minimum absolute atomic E-state index is 0.126. The van der Waals surface area contributed by atoms with E-state index in [1.54, 1.807) is 49.6 Å². The van der Waals surface area contributed by atoms with Gasteiger partial charge in [-0.15, -0.1) is 0 Å². The number of methoxy groups -OCH3 is 1. The van der Waals surface area contributed by atoms with E-state index in [2.05, 4.69) is 0 Å². The van der Waals surface area contributed by atoms with Crippen LogP contribution in [0.3, 0.4) is 0 Å². The number of amides is 1. The number of para-hydroxylation sites is 1. The lowest BCUT2D eigenvalue weighted by molar-refractivity contribution is -0.137. The lowest BCUT2D eigenvalue weighted by Crippen LogP contribution is -2.35. The number of ether oxygens (including phenoxy) is 2. The molecule has 0 radical (unpaired) electrons. The predicted octanol–water partition coefficient (Wildman–Crippen LogP) is 4.52. The zero-order valence-corrected chi connectivity index (χ0v) is 16.9. The smallest absolute Gasteiger partial charge is 0.323 e. The second-order valence-corrected chi connectivity index (χ2v) is 6.82. The van der Waals surface area contributed by atoms with E-state index in [9.17, 15) is 14.7 Å². The van der Waals surface area contributed by atoms with E-state index in [-0.39, 0.29) is 6.54 Å². The van der Waals surface area contributed by atoms with E-state index in [0.29, 0.717) is 22.8 Å². The maximum Gasteiger partial charge on any atom is 0.323 e. The molecule has 1 amide bonds. The van der Waals surface area contributed by atoms with Crippen LogP contribution in [-0.4, -0.2) is 35.5 Å². The molecule has 6 heteroatoms. The lowest BCUT2D eigenvalue weighted by Gasteiger charge is -2.22. The summed E-state index contributed by atoms with van der Waals surface area (Å²) < 4.78 is 11.1. The number of aliphatic carboxylic acids is 1. The van der Waals surface area contributed by atoms with E-state index >= 15 is 0 Å². The molecule has 0 unspecified atom stereocenters. The third kappa shape index (κ3) is 5.38. The summed E-state index contributed by atoms with van der Waals surface area (Å²) in [6, 6.07) is 21.5. The molecular formula is C24H23NO5. The second-order valence-electron chi connectivity index (χ2n) is 6.82. The summed E-state index contributed by atoms with van der Waals surface area (Å²) in [6.07, 6.45) is 0. The fourth-order valence-electron chi connectivity index (χ4n) is 2.99. The quantitative estimate of drug-likeness (QED) is 0.596. The summed E-state index contributed by atoms with van der Waals surface area (Å²) in [5.74, 6) is 0.0789. The van der Waals surface area contributed by atoms with Gasteiger partial charge in [0.25, 0.3) is 5.91 Å². The number of aryl methyl sites for hydroxylation is 1. The average molecular weight is 405 g/mol. The number of carbonyl (C=O) groups excluding carboxylic acids is 1. The second kappa shape index (κ2) is 9.60. The number of hydrogen-bond donors (Lipinski definition) is 1. The van der Waals surface area contributed by atoms with Crippen LogP contribution in [0.1, 0.15) is 21.5 Å². The normalized spacial score (nSPS) is 10.3. The molecule has 0 fully saturated rings. The topological polar surface area (TPSA) is 76.1 Å². The maximum absolute atomic E-state index is 13.3. The molecular weight excluding hydrogens is 382 g/mol. The summed E-state index contributed by atoms with van der Waals surface area (Å²) >= 11 is 0. The first-order valence-electron chi connectivity index (χ1n) is 9.44. The van der Waals surface area contributed by atoms with E-state index in [1.165, 1.54) is 4.90 Å². The highest BCUT2D eigenvalue weighted by atomic mass is 16.5. The summed E-state index contributed by atoms with van der Waals surface area (Å²) in [5.41, 5.74) is 2.15. The van der Waals surface area contributed by atoms with Crippen LogP contribution in [-0.2, 0) is 11.3 Å². The van der Waals surface area contributed by atoms with Gasteiger partial charge in [0.15, 0.2) is 0 Å². The standard InChI is InChI=1S/C24H23NO5/c1-17-10-12-19(13-11-17)30-22-9-4-3-8-21(22)24(28)25(16-23(26)27)15-18-6-5-7-20(14-18)29-2/h3-14H,15-16H2,1-2H3,(H,26,27). The third-order valence-electron chi connectivity index (χ3n) is 4.49. The Kier molecular flexibility index (Phi) is 6.70. The van der Waals surface area contributed by atoms with Crippen LogP contribution in [0, 0.1) is 6.92 Å². The Morgan fingerprint density at radius 1 is 0.933 bits per heavy atom. The molecule has 0 saturated carbocycles. The van der Waals surface area contributed by atoms with E-state index < -0.39 is 18.4 Å². The Labute approximate surface area is 175 Å². The van der Waals surface area contributed by atoms with Crippen LogP contribution < -0.4 is 9.47 Å².